The summed E-state index contributed by atoms with van der Waals surface area (Å²) in [7, 11) is 3.13. The number of methoxy groups -OCH3 is 2. The molecule has 16 heteroatoms. The number of aliphatic carboxylic acids is 1. The van der Waals surface area contributed by atoms with E-state index in [1.807, 2.05) is 64.2 Å². The fourth-order valence-corrected chi connectivity index (χ4v) is 10.0. The number of carbonyl (C=O) groups is 5. The molecule has 2 saturated heterocycles. The molecular formula is C52H79N5O11. The molecule has 14 atom stereocenters. The number of ether oxygens (including phenoxy) is 3. The van der Waals surface area contributed by atoms with Crippen LogP contribution in [0.3, 0.4) is 0 Å². The molecular weight excluding hydrogens is 871 g/mol. The summed E-state index contributed by atoms with van der Waals surface area (Å²) in [5.41, 5.74) is 1.55. The minimum Gasteiger partial charge on any atom is -0.480 e. The molecule has 3 aliphatic rings. The van der Waals surface area contributed by atoms with Crippen LogP contribution in [-0.2, 0) is 38.2 Å². The van der Waals surface area contributed by atoms with E-state index in [4.69, 9.17) is 14.2 Å². The Morgan fingerprint density at radius 1 is 0.897 bits per heavy atom. The van der Waals surface area contributed by atoms with E-state index in [1.54, 1.807) is 51.0 Å². The fraction of sp³-hybridized carbons (Fsp3) is 0.692. The average Bonchev–Trinajstić information content (AvgIpc) is 3.86. The van der Waals surface area contributed by atoms with Crippen LogP contribution in [0, 0.1) is 41.4 Å². The monoisotopic (exact) mass is 950 g/mol. The summed E-state index contributed by atoms with van der Waals surface area (Å²) in [6, 6.07) is -0.988. The lowest BCUT2D eigenvalue weighted by atomic mass is 9.79. The Kier molecular flexibility index (Phi) is 21.9. The molecule has 1 amide bonds. The number of hydrogen-bond donors (Lipinski definition) is 3. The number of aromatic nitrogens is 4. The molecule has 0 radical (unpaired) electrons. The Labute approximate surface area is 403 Å². The third-order valence-corrected chi connectivity index (χ3v) is 14.5. The van der Waals surface area contributed by atoms with Crippen molar-refractivity contribution in [1.82, 2.24) is 25.1 Å². The molecule has 3 fully saturated rings. The molecule has 16 nitrogen and oxygen atoms in total. The van der Waals surface area contributed by atoms with E-state index in [9.17, 15) is 39.3 Å². The largest absolute Gasteiger partial charge is 0.480 e. The highest BCUT2D eigenvalue weighted by Crippen LogP contribution is 2.38. The van der Waals surface area contributed by atoms with Crippen molar-refractivity contribution in [2.75, 3.05) is 20.8 Å². The fourth-order valence-electron chi connectivity index (χ4n) is 10.0. The lowest BCUT2D eigenvalue weighted by Crippen LogP contribution is -2.60. The number of amides is 1. The first-order valence-corrected chi connectivity index (χ1v) is 24.6. The maximum absolute atomic E-state index is 13.6. The van der Waals surface area contributed by atoms with Gasteiger partial charge in [-0.05, 0) is 130 Å². The highest BCUT2D eigenvalue weighted by Gasteiger charge is 2.52. The molecule has 1 aromatic rings. The van der Waals surface area contributed by atoms with E-state index in [0.29, 0.717) is 50.0 Å². The van der Waals surface area contributed by atoms with Crippen molar-refractivity contribution in [1.29, 1.82) is 0 Å². The van der Waals surface area contributed by atoms with Crippen molar-refractivity contribution in [3.63, 3.8) is 0 Å². The van der Waals surface area contributed by atoms with Crippen molar-refractivity contribution >= 4 is 29.2 Å². The normalized spacial score (nSPS) is 28.6. The highest BCUT2D eigenvalue weighted by atomic mass is 16.6. The summed E-state index contributed by atoms with van der Waals surface area (Å²) >= 11 is 0. The molecule has 0 spiro atoms. The summed E-state index contributed by atoms with van der Waals surface area (Å²) in [4.78, 5) is 66.2. The van der Waals surface area contributed by atoms with Crippen LogP contribution in [0.15, 0.2) is 66.1 Å². The summed E-state index contributed by atoms with van der Waals surface area (Å²) in [5.74, 6) is -6.75. The quantitative estimate of drug-likeness (QED) is 0.0412. The zero-order valence-corrected chi connectivity index (χ0v) is 42.0. The number of likely N-dealkylation sites (tertiary alicyclic amines) is 1. The van der Waals surface area contributed by atoms with Crippen LogP contribution in [0.25, 0.3) is 0 Å². The van der Waals surface area contributed by atoms with E-state index < -0.39 is 65.6 Å². The topological polar surface area (TPSA) is 221 Å². The third-order valence-electron chi connectivity index (χ3n) is 14.5. The van der Waals surface area contributed by atoms with Crippen LogP contribution in [0.2, 0.25) is 0 Å². The first kappa shape index (κ1) is 56.1. The molecule has 4 rings (SSSR count). The second-order valence-corrected chi connectivity index (χ2v) is 20.0. The molecule has 1 aromatic heterocycles. The maximum Gasteiger partial charge on any atom is 0.326 e. The molecule has 2 aliphatic heterocycles. The average molecular weight is 950 g/mol. The number of allylic oxidation sites excluding steroid dienone is 9. The Bertz CT molecular complexity index is 2000. The molecule has 1 unspecified atom stereocenters. The van der Waals surface area contributed by atoms with Gasteiger partial charge in [-0.1, -0.05) is 89.6 Å². The van der Waals surface area contributed by atoms with Gasteiger partial charge in [0.2, 0.25) is 5.79 Å². The second kappa shape index (κ2) is 26.5. The molecule has 1 aliphatic carbocycles. The smallest absolute Gasteiger partial charge is 0.326 e. The van der Waals surface area contributed by atoms with Crippen LogP contribution in [-0.4, -0.2) is 127 Å². The van der Waals surface area contributed by atoms with E-state index >= 15 is 0 Å². The van der Waals surface area contributed by atoms with Gasteiger partial charge in [-0.25, -0.2) is 9.48 Å². The van der Waals surface area contributed by atoms with Crippen molar-refractivity contribution in [3.05, 3.63) is 66.1 Å². The van der Waals surface area contributed by atoms with Crippen LogP contribution in [0.5, 0.6) is 0 Å². The lowest BCUT2D eigenvalue weighted by Gasteiger charge is -2.42. The number of tetrazole rings is 1. The molecule has 3 heterocycles. The van der Waals surface area contributed by atoms with Gasteiger partial charge in [0.25, 0.3) is 11.7 Å². The minimum absolute atomic E-state index is 0.0183. The number of carbonyl (C=O) groups excluding carboxylic acids is 4. The summed E-state index contributed by atoms with van der Waals surface area (Å²) in [6.07, 6.45) is 21.3. The predicted octanol–water partition coefficient (Wildman–Crippen LogP) is 6.99. The van der Waals surface area contributed by atoms with Gasteiger partial charge in [-0.3, -0.25) is 19.2 Å². The lowest BCUT2D eigenvalue weighted by molar-refractivity contribution is -0.264. The van der Waals surface area contributed by atoms with Crippen molar-refractivity contribution in [2.24, 2.45) is 41.4 Å². The van der Waals surface area contributed by atoms with Gasteiger partial charge in [0.15, 0.2) is 11.6 Å². The first-order valence-electron chi connectivity index (χ1n) is 24.6. The van der Waals surface area contributed by atoms with Crippen LogP contribution >= 0.6 is 0 Å². The number of hydrogen-bond acceptors (Lipinski definition) is 13. The Morgan fingerprint density at radius 2 is 1.63 bits per heavy atom. The number of Topliss-reactive ketones (excluding diaryl/α,β-unsaturated/α-hetero) is 2. The van der Waals surface area contributed by atoms with E-state index in [1.165, 1.54) is 7.11 Å². The van der Waals surface area contributed by atoms with Gasteiger partial charge in [-0.15, -0.1) is 5.10 Å². The summed E-state index contributed by atoms with van der Waals surface area (Å²) < 4.78 is 19.1. The van der Waals surface area contributed by atoms with Gasteiger partial charge in [-0.2, -0.15) is 0 Å². The van der Waals surface area contributed by atoms with E-state index in [2.05, 4.69) is 22.4 Å². The van der Waals surface area contributed by atoms with Gasteiger partial charge in [0.1, 0.15) is 24.6 Å². The van der Waals surface area contributed by atoms with Crippen LogP contribution in [0.4, 0.5) is 0 Å². The number of carboxylic acids is 1. The number of aliphatic hydroxyl groups excluding tert-OH is 1. The second-order valence-electron chi connectivity index (χ2n) is 20.0. The molecule has 1 saturated carbocycles. The molecule has 0 aromatic carbocycles. The number of aliphatic hydroxyl groups is 2. The van der Waals surface area contributed by atoms with Gasteiger partial charge in [0.05, 0.1) is 18.2 Å². The Hall–Kier alpha value is -4.48. The number of nitrogens with zero attached hydrogens (tertiary/aromatic N) is 5. The summed E-state index contributed by atoms with van der Waals surface area (Å²) in [6.45, 7) is 15.3. The van der Waals surface area contributed by atoms with Gasteiger partial charge < -0.3 is 34.4 Å². The van der Waals surface area contributed by atoms with Gasteiger partial charge in [0, 0.05) is 38.5 Å². The number of carboxylic acid groups (broad SMARTS) is 1. The zero-order chi connectivity index (χ0) is 50.3. The van der Waals surface area contributed by atoms with E-state index in [-0.39, 0.29) is 54.4 Å². The maximum atomic E-state index is 13.6. The predicted molar refractivity (Wildman–Crippen MR) is 257 cm³/mol. The molecule has 378 valence electrons. The van der Waals surface area contributed by atoms with Crippen molar-refractivity contribution in [2.45, 2.75) is 168 Å². The number of ketones is 3. The van der Waals surface area contributed by atoms with E-state index in [0.717, 1.165) is 36.2 Å². The Morgan fingerprint density at radius 3 is 2.29 bits per heavy atom. The van der Waals surface area contributed by atoms with Crippen molar-refractivity contribution in [3.8, 4) is 0 Å². The first-order chi connectivity index (χ1) is 32.2. The zero-order valence-electron chi connectivity index (χ0n) is 42.0. The SMILES string of the molecule is CO[C@@H]1C[C@H](C[C@@H](C)/C=C/C(=O)[C@H](C)/C=C(\C)[C@@H](O)[C@@H](OC)C(=O)[C@H](C)C[C@H](C)/C=C/C=C/C=C(\C)[C@@H](C)C[C@@H]2CC[C@@H](C)[C@](O)(C(=O)C(=O)N3CCCCC3C(=O)O)O2)CC[C@@H]1n1cnnn1. The minimum atomic E-state index is -2.32. The van der Waals surface area contributed by atoms with Crippen LogP contribution in [0.1, 0.15) is 132 Å². The number of rotatable bonds is 24. The summed E-state index contributed by atoms with van der Waals surface area (Å²) in [5, 5.41) is 43.9. The molecule has 0 bridgehead atoms. The van der Waals surface area contributed by atoms with Gasteiger partial charge >= 0.3 is 5.97 Å². The Balaban J connectivity index is 1.22. The molecule has 68 heavy (non-hydrogen) atoms. The highest BCUT2D eigenvalue weighted by molar-refractivity contribution is 6.39. The number of piperidine rings is 1. The van der Waals surface area contributed by atoms with Crippen LogP contribution < -0.4 is 0 Å². The third kappa shape index (κ3) is 15.3. The van der Waals surface area contributed by atoms with Crippen molar-refractivity contribution < 1.29 is 53.5 Å². The molecule has 3 N–H and O–H groups in total. The standard InChI is InChI=1S/C52H79N5O11/c1-32(16-12-11-13-17-34(3)35(4)29-41-22-20-39(8)52(65,68-41)49(61)50(62)56-25-15-14-18-43(56)51(63)64)26-37(6)46(59)48(67-10)47(60)38(7)28-36(5)44(58)24-19-33(2)27-40-21-23-42(45(30-40)66-9)57-31-53-54-55-57/h11-13,16-17,19,24,28,31-33,35-37,39-43,45,47-48,60,65H,14-15,18,20-23,25-27,29-30H2,1-10H3,(H,63,64)/b13-11+,16-12+,24-19+,34-17+,38-28+/t32-,33+,35+,36-,37-,39-,40+,41+,42+,43?,45-,47-,48+,52-/m1/s1.